The lowest BCUT2D eigenvalue weighted by molar-refractivity contribution is -0.274. The number of ether oxygens (including phenoxy) is 2. The largest absolute Gasteiger partial charge is 0.573 e. The molecule has 2 fully saturated rings. The van der Waals surface area contributed by atoms with Gasteiger partial charge in [-0.3, -0.25) is 0 Å². The summed E-state index contributed by atoms with van der Waals surface area (Å²) < 4.78 is 55.6. The Bertz CT molecular complexity index is 1470. The number of hydrogen-bond acceptors (Lipinski definition) is 8. The third-order valence-electron chi connectivity index (χ3n) is 6.34. The van der Waals surface area contributed by atoms with Gasteiger partial charge in [0.05, 0.1) is 28.5 Å². The van der Waals surface area contributed by atoms with Crippen molar-refractivity contribution >= 4 is 32.7 Å². The Balaban J connectivity index is 1.16. The van der Waals surface area contributed by atoms with E-state index in [4.69, 9.17) is 9.26 Å². The summed E-state index contributed by atoms with van der Waals surface area (Å²) in [5, 5.41) is 14.1. The molecular weight excluding hydrogens is 511 g/mol. The third kappa shape index (κ3) is 4.86. The summed E-state index contributed by atoms with van der Waals surface area (Å²) in [5.74, 6) is -0.496. The monoisotopic (exact) mass is 531 g/mol. The Morgan fingerprint density at radius 2 is 1.97 bits per heavy atom. The number of anilines is 1. The van der Waals surface area contributed by atoms with Crippen molar-refractivity contribution < 1.29 is 37.1 Å². The van der Waals surface area contributed by atoms with E-state index in [0.717, 1.165) is 28.2 Å². The molecule has 0 atom stereocenters. The van der Waals surface area contributed by atoms with Crippen molar-refractivity contribution in [1.29, 1.82) is 0 Å². The maximum atomic E-state index is 13.0. The number of aromatic carboxylic acids is 1. The molecule has 0 radical (unpaired) electrons. The van der Waals surface area contributed by atoms with Crippen molar-refractivity contribution in [3.05, 3.63) is 59.4 Å². The van der Waals surface area contributed by atoms with E-state index in [2.05, 4.69) is 14.9 Å². The van der Waals surface area contributed by atoms with Crippen molar-refractivity contribution in [2.75, 3.05) is 18.0 Å². The van der Waals surface area contributed by atoms with Crippen LogP contribution in [0, 0.1) is 0 Å². The van der Waals surface area contributed by atoms with Crippen LogP contribution in [0.2, 0.25) is 0 Å². The van der Waals surface area contributed by atoms with Crippen LogP contribution in [-0.4, -0.2) is 46.8 Å². The summed E-state index contributed by atoms with van der Waals surface area (Å²) in [5.41, 5.74) is 2.07. The van der Waals surface area contributed by atoms with Crippen LogP contribution in [0.25, 0.3) is 21.5 Å². The van der Waals surface area contributed by atoms with Gasteiger partial charge in [0.2, 0.25) is 0 Å². The molecule has 0 spiro atoms. The SMILES string of the molecule is O=C(O)c1ccc2nc(N3CC(OCc4c(-c5ccccc5OC(F)(F)F)noc4C4CC4)C3)sc2c1. The summed E-state index contributed by atoms with van der Waals surface area (Å²) in [7, 11) is 0. The Hall–Kier alpha value is -3.64. The zero-order chi connectivity index (χ0) is 25.7. The minimum absolute atomic E-state index is 0.113. The van der Waals surface area contributed by atoms with Gasteiger partial charge in [-0.05, 0) is 43.2 Å². The topological polar surface area (TPSA) is 97.9 Å². The maximum absolute atomic E-state index is 13.0. The number of carboxylic acid groups (broad SMARTS) is 1. The zero-order valence-corrected chi connectivity index (χ0v) is 20.0. The van der Waals surface area contributed by atoms with Crippen molar-refractivity contribution in [3.63, 3.8) is 0 Å². The predicted molar refractivity (Wildman–Crippen MR) is 128 cm³/mol. The molecule has 1 saturated heterocycles. The number of aromatic nitrogens is 2. The molecule has 12 heteroatoms. The number of nitrogens with zero attached hydrogens (tertiary/aromatic N) is 3. The van der Waals surface area contributed by atoms with Crippen molar-refractivity contribution in [3.8, 4) is 17.0 Å². The molecule has 4 aromatic rings. The molecule has 0 amide bonds. The van der Waals surface area contributed by atoms with E-state index in [1.54, 1.807) is 18.2 Å². The number of carbonyl (C=O) groups is 1. The molecule has 1 aliphatic carbocycles. The van der Waals surface area contributed by atoms with E-state index >= 15 is 0 Å². The number of fused-ring (bicyclic) bond motifs is 1. The second kappa shape index (κ2) is 9.03. The highest BCUT2D eigenvalue weighted by molar-refractivity contribution is 7.22. The van der Waals surface area contributed by atoms with Crippen LogP contribution in [0.5, 0.6) is 5.75 Å². The molecule has 0 unspecified atom stereocenters. The lowest BCUT2D eigenvalue weighted by Gasteiger charge is -2.38. The molecule has 8 nitrogen and oxygen atoms in total. The molecule has 192 valence electrons. The van der Waals surface area contributed by atoms with Gasteiger partial charge in [-0.1, -0.05) is 28.6 Å². The Morgan fingerprint density at radius 1 is 1.19 bits per heavy atom. The minimum Gasteiger partial charge on any atom is -0.478 e. The summed E-state index contributed by atoms with van der Waals surface area (Å²) >= 11 is 1.42. The summed E-state index contributed by atoms with van der Waals surface area (Å²) in [6.07, 6.45) is -3.08. The molecule has 2 aliphatic rings. The van der Waals surface area contributed by atoms with Gasteiger partial charge in [0.15, 0.2) is 5.13 Å². The summed E-state index contributed by atoms with van der Waals surface area (Å²) in [4.78, 5) is 17.8. The highest BCUT2D eigenvalue weighted by Crippen LogP contribution is 2.46. The van der Waals surface area contributed by atoms with Gasteiger partial charge >= 0.3 is 12.3 Å². The quantitative estimate of drug-likeness (QED) is 0.303. The number of hydrogen-bond donors (Lipinski definition) is 1. The first-order valence-electron chi connectivity index (χ1n) is 11.6. The van der Waals surface area contributed by atoms with E-state index < -0.39 is 12.3 Å². The lowest BCUT2D eigenvalue weighted by Crippen LogP contribution is -2.52. The zero-order valence-electron chi connectivity index (χ0n) is 19.2. The normalized spacial score (nSPS) is 16.2. The number of rotatable bonds is 8. The first-order valence-corrected chi connectivity index (χ1v) is 12.4. The Kier molecular flexibility index (Phi) is 5.80. The van der Waals surface area contributed by atoms with Crippen LogP contribution in [0.15, 0.2) is 47.0 Å². The average molecular weight is 532 g/mol. The Morgan fingerprint density at radius 3 is 2.70 bits per heavy atom. The predicted octanol–water partition coefficient (Wildman–Crippen LogP) is 5.83. The molecule has 2 aromatic heterocycles. The highest BCUT2D eigenvalue weighted by Gasteiger charge is 2.37. The molecule has 3 heterocycles. The van der Waals surface area contributed by atoms with E-state index in [9.17, 15) is 23.1 Å². The number of thiazole rings is 1. The standard InChI is InChI=1S/C25H20F3N3O5S/c26-25(27,28)35-19-4-2-1-3-16(19)21-17(22(36-30-21)13-5-6-13)12-34-15-10-31(11-15)24-29-18-8-7-14(23(32)33)9-20(18)37-24/h1-4,7-9,13,15H,5-6,10-12H2,(H,32,33). The fourth-order valence-corrected chi connectivity index (χ4v) is 5.32. The molecule has 2 aromatic carbocycles. The fraction of sp³-hybridized carbons (Fsp3) is 0.320. The average Bonchev–Trinajstić information content (AvgIpc) is 3.44. The van der Waals surface area contributed by atoms with Gasteiger partial charge in [-0.25, -0.2) is 9.78 Å². The van der Waals surface area contributed by atoms with Gasteiger partial charge < -0.3 is 24.0 Å². The van der Waals surface area contributed by atoms with E-state index in [0.29, 0.717) is 30.1 Å². The number of halogens is 3. The van der Waals surface area contributed by atoms with E-state index in [1.165, 1.54) is 35.6 Å². The number of benzene rings is 2. The molecule has 1 N–H and O–H groups in total. The van der Waals surface area contributed by atoms with Gasteiger partial charge in [-0.15, -0.1) is 13.2 Å². The van der Waals surface area contributed by atoms with Gasteiger partial charge in [-0.2, -0.15) is 0 Å². The third-order valence-corrected chi connectivity index (χ3v) is 7.42. The van der Waals surface area contributed by atoms with Crippen molar-refractivity contribution in [1.82, 2.24) is 10.1 Å². The molecule has 0 bridgehead atoms. The summed E-state index contributed by atoms with van der Waals surface area (Å²) in [6, 6.07) is 10.7. The number of alkyl halides is 3. The van der Waals surface area contributed by atoms with E-state index in [-0.39, 0.29) is 35.5 Å². The number of carboxylic acids is 1. The van der Waals surface area contributed by atoms with Crippen LogP contribution in [0.4, 0.5) is 18.3 Å². The fourth-order valence-electron chi connectivity index (χ4n) is 4.30. The highest BCUT2D eigenvalue weighted by atomic mass is 32.1. The first kappa shape index (κ1) is 23.7. The molecule has 6 rings (SSSR count). The minimum atomic E-state index is -4.83. The smallest absolute Gasteiger partial charge is 0.478 e. The van der Waals surface area contributed by atoms with Crippen LogP contribution < -0.4 is 9.64 Å². The van der Waals surface area contributed by atoms with Gasteiger partial charge in [0.1, 0.15) is 17.2 Å². The molecule has 1 saturated carbocycles. The van der Waals surface area contributed by atoms with Gasteiger partial charge in [0, 0.05) is 30.1 Å². The van der Waals surface area contributed by atoms with Gasteiger partial charge in [0.25, 0.3) is 0 Å². The maximum Gasteiger partial charge on any atom is 0.573 e. The lowest BCUT2D eigenvalue weighted by atomic mass is 10.0. The Labute approximate surface area is 212 Å². The first-order chi connectivity index (χ1) is 17.7. The second-order valence-corrected chi connectivity index (χ2v) is 10.0. The molecule has 37 heavy (non-hydrogen) atoms. The second-order valence-electron chi connectivity index (χ2n) is 9.01. The van der Waals surface area contributed by atoms with Crippen LogP contribution >= 0.6 is 11.3 Å². The van der Waals surface area contributed by atoms with Crippen molar-refractivity contribution in [2.24, 2.45) is 0 Å². The van der Waals surface area contributed by atoms with Crippen LogP contribution in [0.1, 0.15) is 40.4 Å². The van der Waals surface area contributed by atoms with Crippen LogP contribution in [-0.2, 0) is 11.3 Å². The van der Waals surface area contributed by atoms with Crippen molar-refractivity contribution in [2.45, 2.75) is 37.8 Å². The molecule has 1 aliphatic heterocycles. The number of para-hydroxylation sites is 1. The molecular formula is C25H20F3N3O5S. The van der Waals surface area contributed by atoms with Crippen LogP contribution in [0.3, 0.4) is 0 Å². The van der Waals surface area contributed by atoms with E-state index in [1.807, 2.05) is 4.90 Å². The summed E-state index contributed by atoms with van der Waals surface area (Å²) in [6.45, 7) is 1.31.